The Morgan fingerprint density at radius 2 is 1.21 bits per heavy atom. The SMILES string of the molecule is Brc1cccc2c1CC1=C2CCCC1.Brc1cccc2c1Cc1ccccc1-2. The van der Waals surface area contributed by atoms with Crippen LogP contribution in [0.1, 0.15) is 47.9 Å². The van der Waals surface area contributed by atoms with Gasteiger partial charge in [-0.15, -0.1) is 0 Å². The molecule has 0 amide bonds. The fourth-order valence-corrected chi connectivity index (χ4v) is 5.85. The highest BCUT2D eigenvalue weighted by Gasteiger charge is 2.24. The highest BCUT2D eigenvalue weighted by atomic mass is 79.9. The maximum Gasteiger partial charge on any atom is 0.0216 e. The molecule has 0 saturated heterocycles. The maximum atomic E-state index is 3.65. The standard InChI is InChI=1S/C13H13Br.C13H9Br/c2*14-13-7-3-6-11-10-5-2-1-4-9(10)8-12(11)13/h3,6-7H,1-2,4-5,8H2;1-7H,8H2. The van der Waals surface area contributed by atoms with Crippen molar-refractivity contribution in [1.29, 1.82) is 0 Å². The van der Waals surface area contributed by atoms with Crippen molar-refractivity contribution >= 4 is 37.4 Å². The minimum absolute atomic E-state index is 1.06. The van der Waals surface area contributed by atoms with Gasteiger partial charge in [0.1, 0.15) is 0 Å². The van der Waals surface area contributed by atoms with Crippen LogP contribution in [-0.4, -0.2) is 0 Å². The lowest BCUT2D eigenvalue weighted by Crippen LogP contribution is -1.93. The molecule has 28 heavy (non-hydrogen) atoms. The normalized spacial score (nSPS) is 15.9. The van der Waals surface area contributed by atoms with Crippen LogP contribution in [-0.2, 0) is 12.8 Å². The molecule has 0 aromatic heterocycles. The van der Waals surface area contributed by atoms with Crippen molar-refractivity contribution in [2.75, 3.05) is 0 Å². The van der Waals surface area contributed by atoms with Gasteiger partial charge in [0.15, 0.2) is 0 Å². The summed E-state index contributed by atoms with van der Waals surface area (Å²) < 4.78 is 2.52. The average Bonchev–Trinajstić information content (AvgIpc) is 3.29. The Morgan fingerprint density at radius 1 is 0.571 bits per heavy atom. The van der Waals surface area contributed by atoms with Gasteiger partial charge in [-0.1, -0.05) is 86.0 Å². The van der Waals surface area contributed by atoms with Gasteiger partial charge in [-0.25, -0.2) is 0 Å². The molecule has 0 bridgehead atoms. The molecule has 3 aromatic rings. The van der Waals surface area contributed by atoms with Gasteiger partial charge in [0, 0.05) is 8.95 Å². The average molecular weight is 494 g/mol. The Labute approximate surface area is 183 Å². The molecule has 0 fully saturated rings. The lowest BCUT2D eigenvalue weighted by atomic mass is 9.92. The first-order valence-corrected chi connectivity index (χ1v) is 11.7. The molecule has 0 radical (unpaired) electrons. The van der Waals surface area contributed by atoms with Gasteiger partial charge >= 0.3 is 0 Å². The zero-order chi connectivity index (χ0) is 19.1. The van der Waals surface area contributed by atoms with Crippen molar-refractivity contribution in [2.45, 2.75) is 38.5 Å². The highest BCUT2D eigenvalue weighted by Crippen LogP contribution is 2.43. The summed E-state index contributed by atoms with van der Waals surface area (Å²) in [4.78, 5) is 0. The zero-order valence-electron chi connectivity index (χ0n) is 15.8. The van der Waals surface area contributed by atoms with Crippen molar-refractivity contribution < 1.29 is 0 Å². The van der Waals surface area contributed by atoms with E-state index in [1.54, 1.807) is 11.1 Å². The summed E-state index contributed by atoms with van der Waals surface area (Å²) >= 11 is 7.26. The second kappa shape index (κ2) is 7.65. The van der Waals surface area contributed by atoms with Crippen molar-refractivity contribution in [3.8, 4) is 11.1 Å². The minimum Gasteiger partial charge on any atom is -0.0620 e. The minimum atomic E-state index is 1.06. The largest absolute Gasteiger partial charge is 0.0620 e. The Balaban J connectivity index is 0.000000122. The van der Waals surface area contributed by atoms with E-state index in [1.807, 2.05) is 0 Å². The number of benzene rings is 3. The number of allylic oxidation sites excluding steroid dienone is 2. The van der Waals surface area contributed by atoms with Crippen LogP contribution in [0.3, 0.4) is 0 Å². The summed E-state index contributed by atoms with van der Waals surface area (Å²) in [6.45, 7) is 0. The molecule has 2 heteroatoms. The second-order valence-electron chi connectivity index (χ2n) is 7.83. The van der Waals surface area contributed by atoms with Crippen LogP contribution in [0.2, 0.25) is 0 Å². The van der Waals surface area contributed by atoms with E-state index in [-0.39, 0.29) is 0 Å². The van der Waals surface area contributed by atoms with E-state index in [1.165, 1.54) is 74.4 Å². The Kier molecular flexibility index (Phi) is 5.02. The van der Waals surface area contributed by atoms with Crippen molar-refractivity contribution in [3.05, 3.63) is 97.4 Å². The van der Waals surface area contributed by atoms with Crippen LogP contribution in [0.4, 0.5) is 0 Å². The summed E-state index contributed by atoms with van der Waals surface area (Å²) in [5.74, 6) is 0. The van der Waals surface area contributed by atoms with E-state index in [9.17, 15) is 0 Å². The van der Waals surface area contributed by atoms with Crippen molar-refractivity contribution in [1.82, 2.24) is 0 Å². The van der Waals surface area contributed by atoms with E-state index >= 15 is 0 Å². The molecule has 6 rings (SSSR count). The van der Waals surface area contributed by atoms with Gasteiger partial charge < -0.3 is 0 Å². The summed E-state index contributed by atoms with van der Waals surface area (Å²) in [7, 11) is 0. The third-order valence-corrected chi connectivity index (χ3v) is 7.70. The fraction of sp³-hybridized carbons (Fsp3) is 0.231. The van der Waals surface area contributed by atoms with Crippen molar-refractivity contribution in [2.24, 2.45) is 0 Å². The topological polar surface area (TPSA) is 0 Å². The first-order valence-electron chi connectivity index (χ1n) is 10.1. The van der Waals surface area contributed by atoms with Crippen LogP contribution in [0.5, 0.6) is 0 Å². The third kappa shape index (κ3) is 3.21. The quantitative estimate of drug-likeness (QED) is 0.231. The number of fused-ring (bicyclic) bond motifs is 5. The van der Waals surface area contributed by atoms with Crippen LogP contribution in [0.15, 0.2) is 75.2 Å². The molecule has 140 valence electrons. The molecule has 3 aromatic carbocycles. The Hall–Kier alpha value is -1.64. The van der Waals surface area contributed by atoms with Gasteiger partial charge in [-0.3, -0.25) is 0 Å². The van der Waals surface area contributed by atoms with E-state index in [0.717, 1.165) is 6.42 Å². The molecule has 0 spiro atoms. The lowest BCUT2D eigenvalue weighted by Gasteiger charge is -2.13. The van der Waals surface area contributed by atoms with E-state index in [4.69, 9.17) is 0 Å². The first kappa shape index (κ1) is 18.4. The third-order valence-electron chi connectivity index (χ3n) is 6.21. The van der Waals surface area contributed by atoms with Crippen LogP contribution < -0.4 is 0 Å². The Morgan fingerprint density at radius 3 is 2.04 bits per heavy atom. The monoisotopic (exact) mass is 492 g/mol. The molecule has 0 N–H and O–H groups in total. The molecule has 0 unspecified atom stereocenters. The molecule has 0 atom stereocenters. The first-order chi connectivity index (χ1) is 13.7. The van der Waals surface area contributed by atoms with E-state index in [0.29, 0.717) is 0 Å². The summed E-state index contributed by atoms with van der Waals surface area (Å²) in [5.41, 5.74) is 12.1. The van der Waals surface area contributed by atoms with Gasteiger partial charge in [0.2, 0.25) is 0 Å². The molecular formula is C26H22Br2. The van der Waals surface area contributed by atoms with Gasteiger partial charge in [-0.2, -0.15) is 0 Å². The zero-order valence-corrected chi connectivity index (χ0v) is 18.9. The van der Waals surface area contributed by atoms with Crippen LogP contribution >= 0.6 is 31.9 Å². The summed E-state index contributed by atoms with van der Waals surface area (Å²) in [5, 5.41) is 0. The molecule has 0 nitrogen and oxygen atoms in total. The molecule has 0 saturated carbocycles. The molecule has 3 aliphatic carbocycles. The van der Waals surface area contributed by atoms with Gasteiger partial charge in [-0.05, 0) is 89.6 Å². The van der Waals surface area contributed by atoms with Gasteiger partial charge in [0.05, 0.1) is 0 Å². The molecule has 3 aliphatic rings. The predicted octanol–water partition coefficient (Wildman–Crippen LogP) is 8.35. The number of hydrogen-bond acceptors (Lipinski definition) is 0. The predicted molar refractivity (Wildman–Crippen MR) is 126 cm³/mol. The number of halogens is 2. The van der Waals surface area contributed by atoms with Crippen LogP contribution in [0, 0.1) is 0 Å². The lowest BCUT2D eigenvalue weighted by molar-refractivity contribution is 0.711. The van der Waals surface area contributed by atoms with E-state index in [2.05, 4.69) is 92.5 Å². The smallest absolute Gasteiger partial charge is 0.0216 e. The molecule has 0 heterocycles. The summed E-state index contributed by atoms with van der Waals surface area (Å²) in [6, 6.07) is 21.7. The van der Waals surface area contributed by atoms with Crippen molar-refractivity contribution in [3.63, 3.8) is 0 Å². The fourth-order valence-electron chi connectivity index (χ4n) is 4.84. The van der Waals surface area contributed by atoms with E-state index < -0.39 is 0 Å². The maximum absolute atomic E-state index is 3.65. The molecular weight excluding hydrogens is 472 g/mol. The summed E-state index contributed by atoms with van der Waals surface area (Å²) in [6.07, 6.45) is 7.67. The number of rotatable bonds is 0. The molecule has 0 aliphatic heterocycles. The number of hydrogen-bond donors (Lipinski definition) is 0. The highest BCUT2D eigenvalue weighted by molar-refractivity contribution is 9.10. The second-order valence-corrected chi connectivity index (χ2v) is 9.54. The van der Waals surface area contributed by atoms with Gasteiger partial charge in [0.25, 0.3) is 0 Å². The van der Waals surface area contributed by atoms with Crippen LogP contribution in [0.25, 0.3) is 16.7 Å². The Bertz CT molecular complexity index is 1090.